The molecule has 0 unspecified atom stereocenters. The molecular weight excluding hydrogens is 542 g/mol. The van der Waals surface area contributed by atoms with Crippen LogP contribution in [0.4, 0.5) is 28.4 Å². The number of aromatic nitrogens is 2. The highest BCUT2D eigenvalue weighted by molar-refractivity contribution is 9.10. The molecular formula is C30H22BrN5O2. The minimum atomic E-state index is -0.219. The van der Waals surface area contributed by atoms with Crippen LogP contribution in [-0.4, -0.2) is 21.8 Å². The van der Waals surface area contributed by atoms with Gasteiger partial charge in [-0.1, -0.05) is 15.9 Å². The number of carbonyl (C=O) groups excluding carboxylic acids is 2. The van der Waals surface area contributed by atoms with Gasteiger partial charge in [0.05, 0.1) is 23.8 Å². The number of pyridine rings is 2. The lowest BCUT2D eigenvalue weighted by Crippen LogP contribution is -2.14. The number of carbonyl (C=O) groups is 2. The van der Waals surface area contributed by atoms with Crippen LogP contribution in [0.3, 0.4) is 0 Å². The van der Waals surface area contributed by atoms with E-state index in [9.17, 15) is 9.59 Å². The minimum Gasteiger partial charge on any atom is -0.321 e. The smallest absolute Gasteiger partial charge is 0.255 e. The van der Waals surface area contributed by atoms with E-state index in [4.69, 9.17) is 0 Å². The lowest BCUT2D eigenvalue weighted by Gasteiger charge is -2.26. The van der Waals surface area contributed by atoms with Crippen molar-refractivity contribution in [1.29, 1.82) is 0 Å². The summed E-state index contributed by atoms with van der Waals surface area (Å²) in [6.45, 7) is 0. The average Bonchev–Trinajstić information content (AvgIpc) is 2.96. The second-order valence-corrected chi connectivity index (χ2v) is 9.21. The molecule has 8 heteroatoms. The summed E-state index contributed by atoms with van der Waals surface area (Å²) in [5.74, 6) is -0.438. The minimum absolute atomic E-state index is 0.219. The van der Waals surface area contributed by atoms with Crippen molar-refractivity contribution >= 4 is 56.2 Å². The Labute approximate surface area is 228 Å². The first kappa shape index (κ1) is 24.9. The fraction of sp³-hybridized carbons (Fsp3) is 0. The molecule has 0 spiro atoms. The first-order valence-corrected chi connectivity index (χ1v) is 12.5. The predicted octanol–water partition coefficient (Wildman–Crippen LogP) is 7.21. The number of amides is 2. The Hall–Kier alpha value is -4.82. The highest BCUT2D eigenvalue weighted by Gasteiger charge is 2.15. The van der Waals surface area contributed by atoms with Crippen LogP contribution in [0.2, 0.25) is 0 Å². The van der Waals surface area contributed by atoms with E-state index < -0.39 is 0 Å². The topological polar surface area (TPSA) is 87.2 Å². The Kier molecular flexibility index (Phi) is 7.52. The third-order valence-corrected chi connectivity index (χ3v) is 6.23. The van der Waals surface area contributed by atoms with Crippen molar-refractivity contribution in [3.05, 3.63) is 137 Å². The standard InChI is InChI=1S/C30H22BrN5O2/c31-23-9-15-28(16-10-23)36(26-11-5-21(6-12-26)29(37)34-24-3-1-17-32-19-24)27-13-7-22(8-14-27)30(38)35-25-4-2-18-33-20-25/h1-20H,(H,34,37)(H,35,38). The van der Waals surface area contributed by atoms with E-state index in [1.54, 1.807) is 73.3 Å². The molecule has 2 aromatic heterocycles. The maximum absolute atomic E-state index is 12.7. The Morgan fingerprint density at radius 1 is 0.579 bits per heavy atom. The zero-order valence-corrected chi connectivity index (χ0v) is 21.7. The van der Waals surface area contributed by atoms with Gasteiger partial charge in [-0.3, -0.25) is 19.6 Å². The summed E-state index contributed by atoms with van der Waals surface area (Å²) < 4.78 is 0.964. The number of rotatable bonds is 7. The largest absolute Gasteiger partial charge is 0.321 e. The summed E-state index contributed by atoms with van der Waals surface area (Å²) in [6, 6.07) is 29.7. The predicted molar refractivity (Wildman–Crippen MR) is 153 cm³/mol. The van der Waals surface area contributed by atoms with Crippen molar-refractivity contribution in [3.63, 3.8) is 0 Å². The summed E-state index contributed by atoms with van der Waals surface area (Å²) in [5, 5.41) is 5.70. The molecule has 5 rings (SSSR count). The first-order chi connectivity index (χ1) is 18.6. The zero-order chi connectivity index (χ0) is 26.3. The van der Waals surface area contributed by atoms with Crippen LogP contribution in [0, 0.1) is 0 Å². The van der Waals surface area contributed by atoms with Gasteiger partial charge in [-0.2, -0.15) is 0 Å². The molecule has 0 saturated heterocycles. The van der Waals surface area contributed by atoms with Gasteiger partial charge in [-0.05, 0) is 97.1 Å². The van der Waals surface area contributed by atoms with Crippen molar-refractivity contribution in [3.8, 4) is 0 Å². The Balaban J connectivity index is 1.40. The number of nitrogens with one attached hydrogen (secondary N) is 2. The van der Waals surface area contributed by atoms with Crippen molar-refractivity contribution in [1.82, 2.24) is 9.97 Å². The molecule has 0 atom stereocenters. The summed E-state index contributed by atoms with van der Waals surface area (Å²) in [5.41, 5.74) is 4.95. The molecule has 0 aliphatic heterocycles. The molecule has 0 saturated carbocycles. The van der Waals surface area contributed by atoms with Gasteiger partial charge in [0.25, 0.3) is 11.8 Å². The Morgan fingerprint density at radius 2 is 0.974 bits per heavy atom. The van der Waals surface area contributed by atoms with E-state index >= 15 is 0 Å². The third kappa shape index (κ3) is 5.93. The van der Waals surface area contributed by atoms with Crippen LogP contribution in [0.1, 0.15) is 20.7 Å². The molecule has 2 amide bonds. The van der Waals surface area contributed by atoms with Crippen molar-refractivity contribution in [2.45, 2.75) is 0 Å². The van der Waals surface area contributed by atoms with Crippen LogP contribution in [0.5, 0.6) is 0 Å². The maximum atomic E-state index is 12.7. The maximum Gasteiger partial charge on any atom is 0.255 e. The lowest BCUT2D eigenvalue weighted by atomic mass is 10.1. The van der Waals surface area contributed by atoms with Crippen molar-refractivity contribution in [2.24, 2.45) is 0 Å². The van der Waals surface area contributed by atoms with Crippen LogP contribution >= 0.6 is 15.9 Å². The van der Waals surface area contributed by atoms with E-state index in [2.05, 4.69) is 41.4 Å². The summed E-state index contributed by atoms with van der Waals surface area (Å²) in [7, 11) is 0. The molecule has 7 nitrogen and oxygen atoms in total. The number of anilines is 5. The van der Waals surface area contributed by atoms with Gasteiger partial charge in [0.1, 0.15) is 0 Å². The van der Waals surface area contributed by atoms with Gasteiger partial charge in [0, 0.05) is 45.1 Å². The number of halogens is 1. The number of hydrogen-bond acceptors (Lipinski definition) is 5. The molecule has 0 radical (unpaired) electrons. The van der Waals surface area contributed by atoms with Crippen molar-refractivity contribution < 1.29 is 9.59 Å². The van der Waals surface area contributed by atoms with E-state index in [0.29, 0.717) is 22.5 Å². The van der Waals surface area contributed by atoms with E-state index in [-0.39, 0.29) is 11.8 Å². The van der Waals surface area contributed by atoms with Crippen LogP contribution in [0.25, 0.3) is 0 Å². The number of nitrogens with zero attached hydrogens (tertiary/aromatic N) is 3. The van der Waals surface area contributed by atoms with Crippen LogP contribution < -0.4 is 15.5 Å². The molecule has 0 fully saturated rings. The molecule has 0 aliphatic carbocycles. The fourth-order valence-corrected chi connectivity index (χ4v) is 4.11. The lowest BCUT2D eigenvalue weighted by molar-refractivity contribution is 0.101. The zero-order valence-electron chi connectivity index (χ0n) is 20.1. The highest BCUT2D eigenvalue weighted by Crippen LogP contribution is 2.35. The van der Waals surface area contributed by atoms with E-state index in [1.165, 1.54) is 0 Å². The molecule has 5 aromatic rings. The molecule has 3 aromatic carbocycles. The Bertz CT molecular complexity index is 1430. The molecule has 0 aliphatic rings. The quantitative estimate of drug-likeness (QED) is 0.218. The van der Waals surface area contributed by atoms with E-state index in [1.807, 2.05) is 48.5 Å². The van der Waals surface area contributed by atoms with E-state index in [0.717, 1.165) is 21.5 Å². The second kappa shape index (κ2) is 11.5. The molecule has 0 bridgehead atoms. The van der Waals surface area contributed by atoms with Crippen molar-refractivity contribution in [2.75, 3.05) is 15.5 Å². The number of hydrogen-bond donors (Lipinski definition) is 2. The van der Waals surface area contributed by atoms with Gasteiger partial charge >= 0.3 is 0 Å². The average molecular weight is 564 g/mol. The fourth-order valence-electron chi connectivity index (χ4n) is 3.84. The highest BCUT2D eigenvalue weighted by atomic mass is 79.9. The summed E-state index contributed by atoms with van der Waals surface area (Å²) in [4.78, 5) is 35.5. The van der Waals surface area contributed by atoms with Gasteiger partial charge in [0.2, 0.25) is 0 Å². The van der Waals surface area contributed by atoms with Gasteiger partial charge in [-0.25, -0.2) is 0 Å². The molecule has 186 valence electrons. The van der Waals surface area contributed by atoms with Gasteiger partial charge < -0.3 is 15.5 Å². The first-order valence-electron chi connectivity index (χ1n) is 11.8. The Morgan fingerprint density at radius 3 is 1.34 bits per heavy atom. The molecule has 2 heterocycles. The normalized spacial score (nSPS) is 10.4. The summed E-state index contributed by atoms with van der Waals surface area (Å²) in [6.07, 6.45) is 6.51. The van der Waals surface area contributed by atoms with Gasteiger partial charge in [-0.15, -0.1) is 0 Å². The SMILES string of the molecule is O=C(Nc1cccnc1)c1ccc(N(c2ccc(Br)cc2)c2ccc(C(=O)Nc3cccnc3)cc2)cc1. The second-order valence-electron chi connectivity index (χ2n) is 8.30. The molecule has 38 heavy (non-hydrogen) atoms. The third-order valence-electron chi connectivity index (χ3n) is 5.70. The van der Waals surface area contributed by atoms with Gasteiger partial charge in [0.15, 0.2) is 0 Å². The van der Waals surface area contributed by atoms with Crippen LogP contribution in [0.15, 0.2) is 126 Å². The number of benzene rings is 3. The summed E-state index contributed by atoms with van der Waals surface area (Å²) >= 11 is 3.50. The monoisotopic (exact) mass is 563 g/mol. The van der Waals surface area contributed by atoms with Crippen LogP contribution in [-0.2, 0) is 0 Å². The molecule has 2 N–H and O–H groups in total.